The zero-order chi connectivity index (χ0) is 20.4. The van der Waals surface area contributed by atoms with Gasteiger partial charge in [-0.1, -0.05) is 0 Å². The topological polar surface area (TPSA) is 34.1 Å². The number of benzene rings is 4. The molecule has 0 spiro atoms. The van der Waals surface area contributed by atoms with Gasteiger partial charge >= 0.3 is 182 Å². The van der Waals surface area contributed by atoms with Crippen LogP contribution in [-0.2, 0) is 0 Å². The minimum atomic E-state index is -3.73. The molecule has 0 bridgehead atoms. The van der Waals surface area contributed by atoms with Gasteiger partial charge in [0.05, 0.1) is 0 Å². The van der Waals surface area contributed by atoms with Gasteiger partial charge < -0.3 is 0 Å². The number of carbonyl (C=O) groups is 2. The molecule has 0 aromatic heterocycles. The molecule has 2 nitrogen and oxygen atoms in total. The quantitative estimate of drug-likeness (QED) is 0.197. The third-order valence-corrected chi connectivity index (χ3v) is 11.7. The predicted molar refractivity (Wildman–Crippen MR) is 124 cm³/mol. The number of rotatable bonds is 6. The van der Waals surface area contributed by atoms with Gasteiger partial charge in [-0.2, -0.15) is 0 Å². The monoisotopic (exact) mass is 538 g/mol. The van der Waals surface area contributed by atoms with Crippen molar-refractivity contribution >= 4 is 67.0 Å². The van der Waals surface area contributed by atoms with Crippen LogP contribution in [0.3, 0.4) is 0 Å². The Hall–Kier alpha value is -1.89. The van der Waals surface area contributed by atoms with Gasteiger partial charge in [0.2, 0.25) is 0 Å². The van der Waals surface area contributed by atoms with Crippen LogP contribution in [-0.4, -0.2) is 27.5 Å². The average Bonchev–Trinajstić information content (AvgIpc) is 2.72. The van der Waals surface area contributed by atoms with E-state index in [4.69, 9.17) is 17.9 Å². The van der Waals surface area contributed by atoms with E-state index in [0.717, 1.165) is 21.5 Å². The van der Waals surface area contributed by atoms with Gasteiger partial charge in [0.1, 0.15) is 0 Å². The number of fused-ring (bicyclic) bond motifs is 2. The van der Waals surface area contributed by atoms with Crippen molar-refractivity contribution < 1.29 is 9.59 Å². The Kier molecular flexibility index (Phi) is 5.95. The van der Waals surface area contributed by atoms with Crippen molar-refractivity contribution in [3.63, 3.8) is 0 Å². The molecule has 0 fully saturated rings. The van der Waals surface area contributed by atoms with E-state index in [1.807, 2.05) is 72.8 Å². The Morgan fingerprint density at radius 1 is 0.586 bits per heavy atom. The molecule has 0 unspecified atom stereocenters. The van der Waals surface area contributed by atoms with Crippen molar-refractivity contribution in [2.24, 2.45) is 0 Å². The molecule has 0 amide bonds. The van der Waals surface area contributed by atoms with E-state index in [1.165, 1.54) is 0 Å². The summed E-state index contributed by atoms with van der Waals surface area (Å²) in [6.07, 6.45) is 0. The number of hydrogen-bond acceptors (Lipinski definition) is 2. The van der Waals surface area contributed by atoms with Gasteiger partial charge in [0.15, 0.2) is 0 Å². The molecule has 29 heavy (non-hydrogen) atoms. The van der Waals surface area contributed by atoms with Crippen LogP contribution in [0.5, 0.6) is 0 Å². The number of halogens is 2. The van der Waals surface area contributed by atoms with Crippen molar-refractivity contribution in [1.82, 2.24) is 0 Å². The minimum absolute atomic E-state index is 0.0517. The molecule has 0 aliphatic heterocycles. The first kappa shape index (κ1) is 20.4. The van der Waals surface area contributed by atoms with Crippen molar-refractivity contribution in [3.8, 4) is 0 Å². The first-order valence-electron chi connectivity index (χ1n) is 9.14. The Morgan fingerprint density at radius 2 is 0.966 bits per heavy atom. The van der Waals surface area contributed by atoms with Gasteiger partial charge in [-0.05, 0) is 0 Å². The second-order valence-electron chi connectivity index (χ2n) is 6.89. The van der Waals surface area contributed by atoms with Crippen LogP contribution >= 0.6 is 17.9 Å². The van der Waals surface area contributed by atoms with E-state index >= 15 is 0 Å². The van der Waals surface area contributed by atoms with Crippen LogP contribution in [0.4, 0.5) is 0 Å². The van der Waals surface area contributed by atoms with Crippen molar-refractivity contribution in [2.45, 2.75) is 8.94 Å². The molecule has 0 aliphatic rings. The molecule has 0 saturated carbocycles. The summed E-state index contributed by atoms with van der Waals surface area (Å²) in [5.74, 6) is -0.197. The van der Waals surface area contributed by atoms with Crippen LogP contribution < -0.4 is 0 Å². The fraction of sp³-hybridized carbons (Fsp3) is 0.0833. The van der Waals surface area contributed by atoms with Crippen LogP contribution in [0.25, 0.3) is 21.5 Å². The zero-order valence-electron chi connectivity index (χ0n) is 15.5. The van der Waals surface area contributed by atoms with Gasteiger partial charge in [-0.15, -0.1) is 0 Å². The van der Waals surface area contributed by atoms with Gasteiger partial charge in [-0.3, -0.25) is 0 Å². The first-order chi connectivity index (χ1) is 13.9. The maximum absolute atomic E-state index is 13.0. The second kappa shape index (κ2) is 8.46. The van der Waals surface area contributed by atoms with Crippen molar-refractivity contribution in [2.75, 3.05) is 0 Å². The Labute approximate surface area is 180 Å². The second-order valence-corrected chi connectivity index (χ2v) is 21.5. The summed E-state index contributed by atoms with van der Waals surface area (Å²) >= 11 is -3.73. The summed E-state index contributed by atoms with van der Waals surface area (Å²) in [7, 11) is 13.3. The molecule has 0 aliphatic carbocycles. The van der Waals surface area contributed by atoms with E-state index in [-0.39, 0.29) is 20.5 Å². The summed E-state index contributed by atoms with van der Waals surface area (Å²) in [5, 5.41) is 3.75. The van der Waals surface area contributed by atoms with Crippen LogP contribution in [0.15, 0.2) is 84.9 Å². The standard InChI is InChI=1S/C24H18Cl2O2Te/c25-29(26,15-23(27)21-13-5-9-17-7-1-3-11-19(17)21)16-24(28)22-14-6-10-18-8-2-4-12-20(18)22/h1-14H,15-16H2. The Bertz CT molecular complexity index is 1130. The molecule has 4 aromatic carbocycles. The molecular weight excluding hydrogens is 519 g/mol. The molecule has 0 saturated heterocycles. The van der Waals surface area contributed by atoms with E-state index in [1.54, 1.807) is 12.1 Å². The first-order valence-corrected chi connectivity index (χ1v) is 18.3. The van der Waals surface area contributed by atoms with Gasteiger partial charge in [0.25, 0.3) is 0 Å². The molecule has 0 heterocycles. The Balaban J connectivity index is 1.57. The van der Waals surface area contributed by atoms with E-state index < -0.39 is 15.9 Å². The Morgan fingerprint density at radius 3 is 1.41 bits per heavy atom. The van der Waals surface area contributed by atoms with Gasteiger partial charge in [-0.25, -0.2) is 0 Å². The van der Waals surface area contributed by atoms with Gasteiger partial charge in [0, 0.05) is 0 Å². The summed E-state index contributed by atoms with van der Waals surface area (Å²) in [6.45, 7) is 0. The summed E-state index contributed by atoms with van der Waals surface area (Å²) in [5.41, 5.74) is 1.22. The third kappa shape index (κ3) is 4.49. The van der Waals surface area contributed by atoms with E-state index in [2.05, 4.69) is 0 Å². The number of ketones is 2. The van der Waals surface area contributed by atoms with E-state index in [9.17, 15) is 9.59 Å². The normalized spacial score (nSPS) is 12.2. The van der Waals surface area contributed by atoms with Crippen LogP contribution in [0.2, 0.25) is 8.94 Å². The number of carbonyl (C=O) groups excluding carboxylic acids is 2. The molecule has 5 heteroatoms. The average molecular weight is 537 g/mol. The molecule has 0 radical (unpaired) electrons. The van der Waals surface area contributed by atoms with Crippen LogP contribution in [0.1, 0.15) is 20.7 Å². The summed E-state index contributed by atoms with van der Waals surface area (Å²) in [4.78, 5) is 25.9. The molecule has 0 atom stereocenters. The molecule has 146 valence electrons. The maximum atomic E-state index is 13.0. The number of hydrogen-bond donors (Lipinski definition) is 0. The fourth-order valence-corrected chi connectivity index (χ4v) is 9.55. The predicted octanol–water partition coefficient (Wildman–Crippen LogP) is 6.98. The molecule has 4 aromatic rings. The fourth-order valence-electron chi connectivity index (χ4n) is 3.53. The molecule has 0 N–H and O–H groups in total. The number of Topliss-reactive ketones (excluding diaryl/α,β-unsaturated/α-hetero) is 2. The van der Waals surface area contributed by atoms with Crippen LogP contribution in [0, 0.1) is 0 Å². The van der Waals surface area contributed by atoms with E-state index in [0.29, 0.717) is 11.1 Å². The SMILES string of the molecule is O=C(C[Te](Cl)(Cl)CC(=O)c1cccc2ccccc12)c1cccc2ccccc12. The molecule has 4 rings (SSSR count). The zero-order valence-corrected chi connectivity index (χ0v) is 19.3. The van der Waals surface area contributed by atoms with Crippen molar-refractivity contribution in [1.29, 1.82) is 0 Å². The van der Waals surface area contributed by atoms with Crippen molar-refractivity contribution in [3.05, 3.63) is 96.1 Å². The molecular formula is C24H18Cl2O2Te. The summed E-state index contributed by atoms with van der Waals surface area (Å²) in [6, 6.07) is 26.7. The summed E-state index contributed by atoms with van der Waals surface area (Å²) < 4.78 is 0.103. The third-order valence-electron chi connectivity index (χ3n) is 4.86.